The van der Waals surface area contributed by atoms with Crippen LogP contribution in [-0.4, -0.2) is 45.7 Å². The molecular formula is C20H24N2O4S2. The van der Waals surface area contributed by atoms with Crippen molar-refractivity contribution >= 4 is 33.4 Å². The number of sulfonamides is 1. The number of likely N-dealkylation sites (tertiary alicyclic amines) is 1. The molecule has 28 heavy (non-hydrogen) atoms. The van der Waals surface area contributed by atoms with Crippen LogP contribution in [0, 0.1) is 0 Å². The number of benzene rings is 2. The van der Waals surface area contributed by atoms with E-state index in [1.165, 1.54) is 37.1 Å². The van der Waals surface area contributed by atoms with E-state index in [0.29, 0.717) is 24.5 Å². The SMILES string of the molecule is COc1ccc(S(=O)(=O)Nc2ccccc2SC)cc1C(=O)N1CCCCC1. The molecule has 150 valence electrons. The van der Waals surface area contributed by atoms with Crippen molar-refractivity contribution in [1.29, 1.82) is 0 Å². The van der Waals surface area contributed by atoms with Crippen LogP contribution in [0.5, 0.6) is 5.75 Å². The number of carbonyl (C=O) groups excluding carboxylic acids is 1. The molecular weight excluding hydrogens is 396 g/mol. The first-order valence-corrected chi connectivity index (χ1v) is 11.8. The van der Waals surface area contributed by atoms with E-state index in [0.717, 1.165) is 24.2 Å². The maximum Gasteiger partial charge on any atom is 0.261 e. The maximum atomic E-state index is 12.9. The monoisotopic (exact) mass is 420 g/mol. The highest BCUT2D eigenvalue weighted by molar-refractivity contribution is 7.99. The number of rotatable bonds is 6. The number of hydrogen-bond donors (Lipinski definition) is 1. The molecule has 3 rings (SSSR count). The molecule has 0 saturated carbocycles. The average Bonchev–Trinajstić information content (AvgIpc) is 2.73. The standard InChI is InChI=1S/C20H24N2O4S2/c1-26-18-11-10-15(14-16(18)20(23)22-12-6-3-7-13-22)28(24,25)21-17-8-4-5-9-19(17)27-2/h4-5,8-11,14,21H,3,6-7,12-13H2,1-2H3. The first kappa shape index (κ1) is 20.5. The van der Waals surface area contributed by atoms with Crippen molar-refractivity contribution in [3.05, 3.63) is 48.0 Å². The van der Waals surface area contributed by atoms with Gasteiger partial charge in [-0.05, 0) is 55.9 Å². The predicted octanol–water partition coefficient (Wildman–Crippen LogP) is 3.84. The molecule has 0 bridgehead atoms. The summed E-state index contributed by atoms with van der Waals surface area (Å²) in [5.74, 6) is 0.178. The van der Waals surface area contributed by atoms with E-state index < -0.39 is 10.0 Å². The first-order valence-electron chi connectivity index (χ1n) is 9.09. The highest BCUT2D eigenvalue weighted by atomic mass is 32.2. The Morgan fingerprint density at radius 2 is 1.82 bits per heavy atom. The number of carbonyl (C=O) groups is 1. The molecule has 1 amide bonds. The van der Waals surface area contributed by atoms with E-state index in [-0.39, 0.29) is 16.4 Å². The molecule has 1 aliphatic heterocycles. The summed E-state index contributed by atoms with van der Waals surface area (Å²) < 4.78 is 33.8. The van der Waals surface area contributed by atoms with E-state index in [4.69, 9.17) is 4.74 Å². The quantitative estimate of drug-likeness (QED) is 0.719. The minimum Gasteiger partial charge on any atom is -0.496 e. The largest absolute Gasteiger partial charge is 0.496 e. The zero-order valence-electron chi connectivity index (χ0n) is 16.0. The molecule has 6 nitrogen and oxygen atoms in total. The smallest absolute Gasteiger partial charge is 0.261 e. The Morgan fingerprint density at radius 3 is 2.50 bits per heavy atom. The Labute approximate surface area is 170 Å². The fraction of sp³-hybridized carbons (Fsp3) is 0.350. The fourth-order valence-corrected chi connectivity index (χ4v) is 4.95. The second-order valence-electron chi connectivity index (χ2n) is 6.52. The highest BCUT2D eigenvalue weighted by Crippen LogP contribution is 2.29. The summed E-state index contributed by atoms with van der Waals surface area (Å²) in [6, 6.07) is 11.6. The Hall–Kier alpha value is -2.19. The van der Waals surface area contributed by atoms with Gasteiger partial charge in [-0.25, -0.2) is 8.42 Å². The molecule has 0 radical (unpaired) electrons. The molecule has 0 unspecified atom stereocenters. The number of hydrogen-bond acceptors (Lipinski definition) is 5. The van der Waals surface area contributed by atoms with Gasteiger partial charge in [0.2, 0.25) is 0 Å². The van der Waals surface area contributed by atoms with Gasteiger partial charge in [-0.3, -0.25) is 9.52 Å². The van der Waals surface area contributed by atoms with Gasteiger partial charge < -0.3 is 9.64 Å². The molecule has 0 atom stereocenters. The van der Waals surface area contributed by atoms with E-state index in [1.807, 2.05) is 18.4 Å². The van der Waals surface area contributed by atoms with Crippen LogP contribution in [0.1, 0.15) is 29.6 Å². The highest BCUT2D eigenvalue weighted by Gasteiger charge is 2.25. The molecule has 1 saturated heterocycles. The van der Waals surface area contributed by atoms with Crippen LogP contribution in [0.15, 0.2) is 52.3 Å². The molecule has 1 heterocycles. The van der Waals surface area contributed by atoms with Gasteiger partial charge in [0.05, 0.1) is 23.3 Å². The van der Waals surface area contributed by atoms with Crippen molar-refractivity contribution in [3.63, 3.8) is 0 Å². The predicted molar refractivity (Wildman–Crippen MR) is 112 cm³/mol. The summed E-state index contributed by atoms with van der Waals surface area (Å²) in [6.45, 7) is 1.36. The van der Waals surface area contributed by atoms with Crippen LogP contribution in [0.25, 0.3) is 0 Å². The summed E-state index contributed by atoms with van der Waals surface area (Å²) in [5.41, 5.74) is 0.778. The summed E-state index contributed by atoms with van der Waals surface area (Å²) in [5, 5.41) is 0. The summed E-state index contributed by atoms with van der Waals surface area (Å²) >= 11 is 1.46. The van der Waals surface area contributed by atoms with Gasteiger partial charge in [-0.15, -0.1) is 11.8 Å². The van der Waals surface area contributed by atoms with E-state index in [2.05, 4.69) is 4.72 Å². The number of amides is 1. The molecule has 8 heteroatoms. The lowest BCUT2D eigenvalue weighted by molar-refractivity contribution is 0.0720. The number of nitrogens with zero attached hydrogens (tertiary/aromatic N) is 1. The number of methoxy groups -OCH3 is 1. The van der Waals surface area contributed by atoms with Crippen LogP contribution >= 0.6 is 11.8 Å². The lowest BCUT2D eigenvalue weighted by atomic mass is 10.1. The molecule has 2 aromatic carbocycles. The molecule has 1 aliphatic rings. The molecule has 0 aliphatic carbocycles. The van der Waals surface area contributed by atoms with Crippen molar-refractivity contribution in [3.8, 4) is 5.75 Å². The number of piperidine rings is 1. The van der Waals surface area contributed by atoms with Gasteiger partial charge >= 0.3 is 0 Å². The zero-order chi connectivity index (χ0) is 20.1. The number of anilines is 1. The fourth-order valence-electron chi connectivity index (χ4n) is 3.22. The van der Waals surface area contributed by atoms with Gasteiger partial charge in [0, 0.05) is 18.0 Å². The van der Waals surface area contributed by atoms with Crippen LogP contribution in [0.2, 0.25) is 0 Å². The summed E-state index contributed by atoms with van der Waals surface area (Å²) in [7, 11) is -2.37. The Kier molecular flexibility index (Phi) is 6.51. The van der Waals surface area contributed by atoms with Crippen LogP contribution < -0.4 is 9.46 Å². The maximum absolute atomic E-state index is 12.9. The second-order valence-corrected chi connectivity index (χ2v) is 9.05. The van der Waals surface area contributed by atoms with Crippen molar-refractivity contribution in [2.45, 2.75) is 29.1 Å². The van der Waals surface area contributed by atoms with E-state index >= 15 is 0 Å². The zero-order valence-corrected chi connectivity index (χ0v) is 17.6. The lowest BCUT2D eigenvalue weighted by Crippen LogP contribution is -2.35. The van der Waals surface area contributed by atoms with Crippen LogP contribution in [0.4, 0.5) is 5.69 Å². The third-order valence-corrected chi connectivity index (χ3v) is 6.87. The third-order valence-electron chi connectivity index (χ3n) is 4.71. The minimum absolute atomic E-state index is 0.0320. The number of nitrogens with one attached hydrogen (secondary N) is 1. The Balaban J connectivity index is 1.94. The van der Waals surface area contributed by atoms with Gasteiger partial charge in [-0.2, -0.15) is 0 Å². The summed E-state index contributed by atoms with van der Waals surface area (Å²) in [4.78, 5) is 15.6. The number of para-hydroxylation sites is 1. The third kappa shape index (κ3) is 4.44. The molecule has 0 spiro atoms. The average molecular weight is 421 g/mol. The number of ether oxygens (including phenoxy) is 1. The second kappa shape index (κ2) is 8.87. The van der Waals surface area contributed by atoms with Gasteiger partial charge in [0.25, 0.3) is 15.9 Å². The minimum atomic E-state index is -3.85. The van der Waals surface area contributed by atoms with Crippen molar-refractivity contribution < 1.29 is 17.9 Å². The van der Waals surface area contributed by atoms with Gasteiger partial charge in [-0.1, -0.05) is 12.1 Å². The van der Waals surface area contributed by atoms with Gasteiger partial charge in [0.15, 0.2) is 0 Å². The van der Waals surface area contributed by atoms with Crippen molar-refractivity contribution in [1.82, 2.24) is 4.90 Å². The number of thioether (sulfide) groups is 1. The molecule has 0 aromatic heterocycles. The van der Waals surface area contributed by atoms with Crippen LogP contribution in [-0.2, 0) is 10.0 Å². The van der Waals surface area contributed by atoms with E-state index in [9.17, 15) is 13.2 Å². The Bertz CT molecular complexity index is 954. The Morgan fingerprint density at radius 1 is 1.11 bits per heavy atom. The topological polar surface area (TPSA) is 75.7 Å². The normalized spacial score (nSPS) is 14.6. The van der Waals surface area contributed by atoms with Crippen LogP contribution in [0.3, 0.4) is 0 Å². The van der Waals surface area contributed by atoms with Crippen molar-refractivity contribution in [2.24, 2.45) is 0 Å². The lowest BCUT2D eigenvalue weighted by Gasteiger charge is -2.27. The van der Waals surface area contributed by atoms with E-state index in [1.54, 1.807) is 17.0 Å². The summed E-state index contributed by atoms with van der Waals surface area (Å²) in [6.07, 6.45) is 4.90. The molecule has 1 fully saturated rings. The van der Waals surface area contributed by atoms with Gasteiger partial charge in [0.1, 0.15) is 5.75 Å². The van der Waals surface area contributed by atoms with Crippen molar-refractivity contribution in [2.75, 3.05) is 31.2 Å². The molecule has 1 N–H and O–H groups in total. The molecule has 2 aromatic rings. The first-order chi connectivity index (χ1) is 13.5.